The molecule has 1 unspecified atom stereocenters. The lowest BCUT2D eigenvalue weighted by Crippen LogP contribution is -2.33. The third-order valence-electron chi connectivity index (χ3n) is 4.02. The number of sulfonamides is 1. The molecule has 2 aromatic heterocycles. The monoisotopic (exact) mass is 328 g/mol. The Labute approximate surface area is 128 Å². The van der Waals surface area contributed by atoms with E-state index in [-0.39, 0.29) is 5.03 Å². The van der Waals surface area contributed by atoms with Gasteiger partial charge in [0, 0.05) is 31.7 Å². The molecule has 1 aliphatic rings. The first-order valence-corrected chi connectivity index (χ1v) is 9.49. The van der Waals surface area contributed by atoms with Gasteiger partial charge in [-0.1, -0.05) is 6.92 Å². The van der Waals surface area contributed by atoms with Crippen molar-refractivity contribution < 1.29 is 8.42 Å². The Morgan fingerprint density at radius 1 is 1.38 bits per heavy atom. The van der Waals surface area contributed by atoms with Gasteiger partial charge in [0.1, 0.15) is 0 Å². The van der Waals surface area contributed by atoms with Gasteiger partial charge in [-0.05, 0) is 25.2 Å². The molecule has 0 saturated carbocycles. The molecule has 2 aromatic rings. The van der Waals surface area contributed by atoms with Crippen LogP contribution in [-0.4, -0.2) is 42.2 Å². The average Bonchev–Trinajstić information content (AvgIpc) is 2.94. The van der Waals surface area contributed by atoms with Gasteiger partial charge in [0.25, 0.3) is 10.0 Å². The van der Waals surface area contributed by atoms with Crippen molar-refractivity contribution in [2.75, 3.05) is 25.5 Å². The SMILES string of the molecule is CNc1nc2sccn2c1S(=O)(=O)N1CCCC(C)CC1. The van der Waals surface area contributed by atoms with Crippen LogP contribution < -0.4 is 5.32 Å². The molecule has 1 aliphatic heterocycles. The summed E-state index contributed by atoms with van der Waals surface area (Å²) in [7, 11) is -1.82. The molecule has 0 aromatic carbocycles. The second-order valence-corrected chi connectivity index (χ2v) is 8.24. The lowest BCUT2D eigenvalue weighted by Gasteiger charge is -2.20. The number of hydrogen-bond acceptors (Lipinski definition) is 5. The van der Waals surface area contributed by atoms with E-state index >= 15 is 0 Å². The maximum Gasteiger partial charge on any atom is 0.262 e. The van der Waals surface area contributed by atoms with Gasteiger partial charge in [0.2, 0.25) is 0 Å². The molecular formula is C13H20N4O2S2. The maximum atomic E-state index is 13.0. The summed E-state index contributed by atoms with van der Waals surface area (Å²) in [5.74, 6) is 1.01. The molecule has 8 heteroatoms. The fourth-order valence-corrected chi connectivity index (χ4v) is 5.29. The topological polar surface area (TPSA) is 66.7 Å². The Bertz CT molecular complexity index is 735. The minimum Gasteiger partial charge on any atom is -0.371 e. The van der Waals surface area contributed by atoms with Crippen LogP contribution in [0.15, 0.2) is 16.6 Å². The molecule has 0 spiro atoms. The van der Waals surface area contributed by atoms with Gasteiger partial charge in [-0.25, -0.2) is 13.4 Å². The summed E-state index contributed by atoms with van der Waals surface area (Å²) in [6, 6.07) is 0. The predicted molar refractivity (Wildman–Crippen MR) is 84.4 cm³/mol. The van der Waals surface area contributed by atoms with Gasteiger partial charge in [-0.15, -0.1) is 11.3 Å². The van der Waals surface area contributed by atoms with Gasteiger partial charge < -0.3 is 5.32 Å². The van der Waals surface area contributed by atoms with Crippen LogP contribution in [0.1, 0.15) is 26.2 Å². The summed E-state index contributed by atoms with van der Waals surface area (Å²) in [5, 5.41) is 5.02. The van der Waals surface area contributed by atoms with Gasteiger partial charge in [-0.3, -0.25) is 4.40 Å². The molecule has 0 amide bonds. The first-order chi connectivity index (χ1) is 10.0. The number of aromatic nitrogens is 2. The lowest BCUT2D eigenvalue weighted by atomic mass is 10.0. The molecule has 0 radical (unpaired) electrons. The molecule has 3 rings (SSSR count). The number of nitrogens with one attached hydrogen (secondary N) is 1. The summed E-state index contributed by atoms with van der Waals surface area (Å²) in [5.41, 5.74) is 0. The minimum atomic E-state index is -3.53. The number of hydrogen-bond donors (Lipinski definition) is 1. The van der Waals surface area contributed by atoms with E-state index in [4.69, 9.17) is 0 Å². The molecule has 21 heavy (non-hydrogen) atoms. The van der Waals surface area contributed by atoms with Gasteiger partial charge in [0.05, 0.1) is 0 Å². The van der Waals surface area contributed by atoms with E-state index in [2.05, 4.69) is 17.2 Å². The largest absolute Gasteiger partial charge is 0.371 e. The number of fused-ring (bicyclic) bond motifs is 1. The summed E-state index contributed by atoms with van der Waals surface area (Å²) >= 11 is 1.43. The lowest BCUT2D eigenvalue weighted by molar-refractivity contribution is 0.414. The summed E-state index contributed by atoms with van der Waals surface area (Å²) in [6.45, 7) is 3.36. The second-order valence-electron chi connectivity index (χ2n) is 5.51. The first kappa shape index (κ1) is 14.8. The van der Waals surface area contributed by atoms with Crippen molar-refractivity contribution in [2.45, 2.75) is 31.2 Å². The van der Waals surface area contributed by atoms with E-state index in [1.807, 2.05) is 5.38 Å². The van der Waals surface area contributed by atoms with E-state index < -0.39 is 10.0 Å². The Balaban J connectivity index is 2.05. The van der Waals surface area contributed by atoms with Crippen LogP contribution in [0, 0.1) is 5.92 Å². The predicted octanol–water partition coefficient (Wildman–Crippen LogP) is 2.25. The maximum absolute atomic E-state index is 13.0. The van der Waals surface area contributed by atoms with Crippen LogP contribution in [-0.2, 0) is 10.0 Å². The molecule has 0 aliphatic carbocycles. The highest BCUT2D eigenvalue weighted by molar-refractivity contribution is 7.89. The van der Waals surface area contributed by atoms with E-state index in [0.717, 1.165) is 19.3 Å². The molecule has 1 atom stereocenters. The number of imidazole rings is 1. The number of rotatable bonds is 3. The number of nitrogens with zero attached hydrogens (tertiary/aromatic N) is 3. The Morgan fingerprint density at radius 3 is 2.95 bits per heavy atom. The fraction of sp³-hybridized carbons (Fsp3) is 0.615. The zero-order valence-electron chi connectivity index (χ0n) is 12.2. The van der Waals surface area contributed by atoms with E-state index in [1.54, 1.807) is 22.0 Å². The van der Waals surface area contributed by atoms with Crippen LogP contribution in [0.3, 0.4) is 0 Å². The smallest absolute Gasteiger partial charge is 0.262 e. The molecule has 1 N–H and O–H groups in total. The fourth-order valence-electron chi connectivity index (χ4n) is 2.77. The zero-order chi connectivity index (χ0) is 15.0. The molecular weight excluding hydrogens is 308 g/mol. The standard InChI is InChI=1S/C13H20N4O2S2/c1-10-4-3-6-16(7-5-10)21(18,19)12-11(14-2)15-13-17(12)8-9-20-13/h8-10,14H,3-7H2,1-2H3. The summed E-state index contributed by atoms with van der Waals surface area (Å²) in [4.78, 5) is 5.05. The minimum absolute atomic E-state index is 0.260. The molecule has 116 valence electrons. The Kier molecular flexibility index (Phi) is 3.94. The molecule has 0 bridgehead atoms. The summed E-state index contributed by atoms with van der Waals surface area (Å²) in [6.07, 6.45) is 4.69. The first-order valence-electron chi connectivity index (χ1n) is 7.17. The molecule has 6 nitrogen and oxygen atoms in total. The summed E-state index contributed by atoms with van der Waals surface area (Å²) < 4.78 is 29.3. The average molecular weight is 328 g/mol. The highest BCUT2D eigenvalue weighted by Crippen LogP contribution is 2.29. The normalized spacial score (nSPS) is 21.5. The Hall–Kier alpha value is -1.12. The van der Waals surface area contributed by atoms with Crippen molar-refractivity contribution >= 4 is 32.1 Å². The molecule has 3 heterocycles. The highest BCUT2D eigenvalue weighted by atomic mass is 32.2. The van der Waals surface area contributed by atoms with E-state index in [0.29, 0.717) is 29.8 Å². The van der Waals surface area contributed by atoms with Crippen molar-refractivity contribution in [3.05, 3.63) is 11.6 Å². The van der Waals surface area contributed by atoms with Crippen LogP contribution in [0.25, 0.3) is 4.96 Å². The van der Waals surface area contributed by atoms with Gasteiger partial charge >= 0.3 is 0 Å². The van der Waals surface area contributed by atoms with E-state index in [9.17, 15) is 8.42 Å². The van der Waals surface area contributed by atoms with Crippen LogP contribution >= 0.6 is 11.3 Å². The van der Waals surface area contributed by atoms with Crippen molar-refractivity contribution in [3.63, 3.8) is 0 Å². The Morgan fingerprint density at radius 2 is 2.19 bits per heavy atom. The third-order valence-corrected chi connectivity index (χ3v) is 6.70. The third kappa shape index (κ3) is 2.56. The highest BCUT2D eigenvalue weighted by Gasteiger charge is 2.32. The number of thiazole rings is 1. The quantitative estimate of drug-likeness (QED) is 0.938. The van der Waals surface area contributed by atoms with Crippen LogP contribution in [0.2, 0.25) is 0 Å². The van der Waals surface area contributed by atoms with Crippen LogP contribution in [0.4, 0.5) is 5.82 Å². The molecule has 1 saturated heterocycles. The van der Waals surface area contributed by atoms with Crippen molar-refractivity contribution in [1.82, 2.24) is 13.7 Å². The van der Waals surface area contributed by atoms with Crippen molar-refractivity contribution in [3.8, 4) is 0 Å². The van der Waals surface area contributed by atoms with Gasteiger partial charge in [-0.2, -0.15) is 4.31 Å². The number of anilines is 1. The second kappa shape index (κ2) is 5.58. The van der Waals surface area contributed by atoms with Crippen molar-refractivity contribution in [1.29, 1.82) is 0 Å². The van der Waals surface area contributed by atoms with E-state index in [1.165, 1.54) is 11.3 Å². The van der Waals surface area contributed by atoms with Gasteiger partial charge in [0.15, 0.2) is 15.8 Å². The van der Waals surface area contributed by atoms with Crippen molar-refractivity contribution in [2.24, 2.45) is 5.92 Å². The van der Waals surface area contributed by atoms with Crippen LogP contribution in [0.5, 0.6) is 0 Å². The molecule has 1 fully saturated rings. The zero-order valence-corrected chi connectivity index (χ0v) is 13.9.